The minimum atomic E-state index is -0.217. The molecule has 1 fully saturated rings. The number of pyridine rings is 1. The van der Waals surface area contributed by atoms with Gasteiger partial charge >= 0.3 is 0 Å². The van der Waals surface area contributed by atoms with Crippen LogP contribution in [0.25, 0.3) is 0 Å². The Bertz CT molecular complexity index is 1130. The van der Waals surface area contributed by atoms with E-state index in [1.165, 1.54) is 0 Å². The van der Waals surface area contributed by atoms with Gasteiger partial charge in [-0.15, -0.1) is 0 Å². The van der Waals surface area contributed by atoms with Crippen molar-refractivity contribution in [1.82, 2.24) is 15.6 Å². The summed E-state index contributed by atoms with van der Waals surface area (Å²) in [6.45, 7) is 8.45. The summed E-state index contributed by atoms with van der Waals surface area (Å²) in [6.07, 6.45) is 4.12. The van der Waals surface area contributed by atoms with E-state index in [2.05, 4.69) is 34.8 Å². The molecule has 34 heavy (non-hydrogen) atoms. The number of ether oxygens (including phenoxy) is 2. The molecule has 3 heterocycles. The number of halogens is 1. The van der Waals surface area contributed by atoms with Crippen molar-refractivity contribution in [2.24, 2.45) is 5.41 Å². The Kier molecular flexibility index (Phi) is 7.40. The van der Waals surface area contributed by atoms with Crippen molar-refractivity contribution in [1.29, 1.82) is 0 Å². The second-order valence-electron chi connectivity index (χ2n) is 9.19. The maximum absolute atomic E-state index is 12.7. The van der Waals surface area contributed by atoms with Crippen LogP contribution in [-0.4, -0.2) is 41.7 Å². The van der Waals surface area contributed by atoms with Crippen molar-refractivity contribution in [3.05, 3.63) is 64.1 Å². The molecule has 0 saturated carbocycles. The number of nitrogens with zero attached hydrogens (tertiary/aromatic N) is 1. The summed E-state index contributed by atoms with van der Waals surface area (Å²) in [7, 11) is 0. The molecule has 2 aliphatic rings. The van der Waals surface area contributed by atoms with Crippen molar-refractivity contribution in [2.75, 3.05) is 25.1 Å². The lowest BCUT2D eigenvalue weighted by Crippen LogP contribution is -2.50. The molecule has 2 aromatic rings. The number of anilines is 1. The van der Waals surface area contributed by atoms with Crippen LogP contribution >= 0.6 is 23.8 Å². The minimum absolute atomic E-state index is 0.0572. The van der Waals surface area contributed by atoms with E-state index in [0.717, 1.165) is 23.4 Å². The fourth-order valence-corrected chi connectivity index (χ4v) is 4.36. The Labute approximate surface area is 210 Å². The standard InChI is InChI=1S/C25H29ClN4O3S/c1-15-5-4-6-18(22(15)26)30-24(34)21-17(8-10-28-23(21)31)29-11-16-7-9-27-12-19(16)32-13-20-25(2,3)14-33-20/h4-7,9,12,20,29H,8,10-11,13-14H2,1-3H3,(H,28,31)(H,30,34). The molecule has 4 rings (SSSR count). The molecule has 0 radical (unpaired) electrons. The number of benzene rings is 1. The first-order valence-corrected chi connectivity index (χ1v) is 12.0. The number of amides is 1. The highest BCUT2D eigenvalue weighted by atomic mass is 35.5. The number of rotatable bonds is 8. The van der Waals surface area contributed by atoms with Gasteiger partial charge in [0.1, 0.15) is 17.3 Å². The van der Waals surface area contributed by atoms with Crippen LogP contribution in [0.15, 0.2) is 47.9 Å². The van der Waals surface area contributed by atoms with Crippen LogP contribution in [0.3, 0.4) is 0 Å². The predicted molar refractivity (Wildman–Crippen MR) is 137 cm³/mol. The van der Waals surface area contributed by atoms with Crippen LogP contribution in [0.2, 0.25) is 5.02 Å². The minimum Gasteiger partial charge on any atom is -0.489 e. The number of aromatic nitrogens is 1. The van der Waals surface area contributed by atoms with Gasteiger partial charge in [-0.25, -0.2) is 0 Å². The third-order valence-electron chi connectivity index (χ3n) is 6.14. The molecule has 180 valence electrons. The van der Waals surface area contributed by atoms with Gasteiger partial charge in [0.2, 0.25) is 0 Å². The number of hydrogen-bond acceptors (Lipinski definition) is 6. The summed E-state index contributed by atoms with van der Waals surface area (Å²) in [5.74, 6) is 0.474. The van der Waals surface area contributed by atoms with Crippen molar-refractivity contribution >= 4 is 40.4 Å². The summed E-state index contributed by atoms with van der Waals surface area (Å²) in [5.41, 5.74) is 3.83. The summed E-state index contributed by atoms with van der Waals surface area (Å²) in [5, 5.41) is 9.99. The number of nitrogens with one attached hydrogen (secondary N) is 3. The predicted octanol–water partition coefficient (Wildman–Crippen LogP) is 4.15. The first kappa shape index (κ1) is 24.4. The van der Waals surface area contributed by atoms with E-state index in [9.17, 15) is 4.79 Å². The fraction of sp³-hybridized carbons (Fsp3) is 0.400. The lowest BCUT2D eigenvalue weighted by Gasteiger charge is -2.43. The lowest BCUT2D eigenvalue weighted by atomic mass is 9.83. The average molecular weight is 501 g/mol. The van der Waals surface area contributed by atoms with E-state index in [1.54, 1.807) is 12.4 Å². The Morgan fingerprint density at radius 2 is 2.21 bits per heavy atom. The van der Waals surface area contributed by atoms with E-state index < -0.39 is 0 Å². The van der Waals surface area contributed by atoms with Gasteiger partial charge in [-0.2, -0.15) is 0 Å². The molecule has 7 nitrogen and oxygen atoms in total. The maximum Gasteiger partial charge on any atom is 0.256 e. The van der Waals surface area contributed by atoms with Gasteiger partial charge in [-0.05, 0) is 24.6 Å². The van der Waals surface area contributed by atoms with Crippen LogP contribution in [-0.2, 0) is 16.1 Å². The zero-order valence-electron chi connectivity index (χ0n) is 19.5. The number of aryl methyl sites for hydroxylation is 1. The number of thiocarbonyl (C=S) groups is 1. The molecule has 1 aromatic carbocycles. The van der Waals surface area contributed by atoms with Gasteiger partial charge in [-0.1, -0.05) is 49.8 Å². The molecule has 9 heteroatoms. The van der Waals surface area contributed by atoms with Gasteiger partial charge in [0.15, 0.2) is 0 Å². The van der Waals surface area contributed by atoms with E-state index in [-0.39, 0.29) is 17.4 Å². The number of carbonyl (C=O) groups is 1. The van der Waals surface area contributed by atoms with Gasteiger partial charge in [0.05, 0.1) is 35.2 Å². The first-order chi connectivity index (χ1) is 16.3. The molecular formula is C25H29ClN4O3S. The Hall–Kier alpha value is -2.68. The van der Waals surface area contributed by atoms with E-state index in [1.807, 2.05) is 31.2 Å². The topological polar surface area (TPSA) is 84.5 Å². The highest BCUT2D eigenvalue weighted by Crippen LogP contribution is 2.34. The van der Waals surface area contributed by atoms with Gasteiger partial charge < -0.3 is 25.4 Å². The van der Waals surface area contributed by atoms with Crippen molar-refractivity contribution < 1.29 is 14.3 Å². The first-order valence-electron chi connectivity index (χ1n) is 11.3. The van der Waals surface area contributed by atoms with E-state index in [0.29, 0.717) is 53.1 Å². The monoisotopic (exact) mass is 500 g/mol. The van der Waals surface area contributed by atoms with Gasteiger partial charge in [-0.3, -0.25) is 9.78 Å². The molecule has 1 aromatic heterocycles. The molecule has 3 N–H and O–H groups in total. The third-order valence-corrected chi connectivity index (χ3v) is 6.94. The molecular weight excluding hydrogens is 472 g/mol. The van der Waals surface area contributed by atoms with Crippen LogP contribution < -0.4 is 20.7 Å². The largest absolute Gasteiger partial charge is 0.489 e. The van der Waals surface area contributed by atoms with Gasteiger partial charge in [0.25, 0.3) is 5.91 Å². The number of hydrogen-bond donors (Lipinski definition) is 3. The normalized spacial score (nSPS) is 19.2. The quantitative estimate of drug-likeness (QED) is 0.469. The molecule has 2 aliphatic heterocycles. The van der Waals surface area contributed by atoms with Crippen LogP contribution in [0.1, 0.15) is 31.4 Å². The SMILES string of the molecule is Cc1cccc(NC(=S)C2=C(NCc3ccncc3OCC3OCC3(C)C)CCNC2=O)c1Cl. The second-order valence-corrected chi connectivity index (χ2v) is 9.97. The van der Waals surface area contributed by atoms with Crippen LogP contribution in [0, 0.1) is 12.3 Å². The molecule has 0 spiro atoms. The van der Waals surface area contributed by atoms with E-state index in [4.69, 9.17) is 33.3 Å². The zero-order chi connectivity index (χ0) is 24.3. The third kappa shape index (κ3) is 5.35. The average Bonchev–Trinajstić information content (AvgIpc) is 2.80. The highest BCUT2D eigenvalue weighted by molar-refractivity contribution is 7.81. The summed E-state index contributed by atoms with van der Waals surface area (Å²) in [4.78, 5) is 17.3. The fourth-order valence-electron chi connectivity index (χ4n) is 3.86. The lowest BCUT2D eigenvalue weighted by molar-refractivity contribution is -0.180. The molecule has 1 atom stereocenters. The molecule has 1 unspecified atom stereocenters. The van der Waals surface area contributed by atoms with Crippen molar-refractivity contribution in [3.8, 4) is 5.75 Å². The Balaban J connectivity index is 1.48. The molecule has 0 aliphatic carbocycles. The molecule has 1 amide bonds. The number of carbonyl (C=O) groups excluding carboxylic acids is 1. The smallest absolute Gasteiger partial charge is 0.256 e. The summed E-state index contributed by atoms with van der Waals surface area (Å²) >= 11 is 12.0. The van der Waals surface area contributed by atoms with E-state index >= 15 is 0 Å². The zero-order valence-corrected chi connectivity index (χ0v) is 21.1. The summed E-state index contributed by atoms with van der Waals surface area (Å²) < 4.78 is 11.7. The second kappa shape index (κ2) is 10.3. The van der Waals surface area contributed by atoms with Crippen molar-refractivity contribution in [3.63, 3.8) is 0 Å². The molecule has 1 saturated heterocycles. The maximum atomic E-state index is 12.7. The summed E-state index contributed by atoms with van der Waals surface area (Å²) in [6, 6.07) is 7.55. The Morgan fingerprint density at radius 3 is 2.94 bits per heavy atom. The molecule has 0 bridgehead atoms. The van der Waals surface area contributed by atoms with Crippen LogP contribution in [0.4, 0.5) is 5.69 Å². The highest BCUT2D eigenvalue weighted by Gasteiger charge is 2.40. The van der Waals surface area contributed by atoms with Crippen molar-refractivity contribution in [2.45, 2.75) is 39.8 Å². The Morgan fingerprint density at radius 1 is 1.38 bits per heavy atom. The van der Waals surface area contributed by atoms with Crippen LogP contribution in [0.5, 0.6) is 5.75 Å². The van der Waals surface area contributed by atoms with Gasteiger partial charge in [0, 0.05) is 42.4 Å².